The molecule has 0 amide bonds. The van der Waals surface area contributed by atoms with E-state index in [2.05, 4.69) is 52.5 Å². The number of rotatable bonds is 6. The van der Waals surface area contributed by atoms with E-state index in [0.29, 0.717) is 20.6 Å². The molecule has 40 heavy (non-hydrogen) atoms. The molecule has 0 radical (unpaired) electrons. The number of hydrogen-bond acceptors (Lipinski definition) is 6. The SMILES string of the molecule is CCOC(=O)C1=C(C)N=c2sc(=Cc3cc(C)n(-c4ccc(Br)cc4)c3C)c(=O)n2C1c1ccc(N(C)C)cc1. The van der Waals surface area contributed by atoms with Gasteiger partial charge in [0.2, 0.25) is 0 Å². The molecule has 7 nitrogen and oxygen atoms in total. The largest absolute Gasteiger partial charge is 0.463 e. The zero-order valence-electron chi connectivity index (χ0n) is 23.4. The van der Waals surface area contributed by atoms with Crippen LogP contribution in [0.1, 0.15) is 42.4 Å². The Morgan fingerprint density at radius 1 is 1.10 bits per heavy atom. The second-order valence-electron chi connectivity index (χ2n) is 9.93. The van der Waals surface area contributed by atoms with Crippen molar-refractivity contribution in [3.63, 3.8) is 0 Å². The first-order valence-corrected chi connectivity index (χ1v) is 14.6. The third kappa shape index (κ3) is 4.99. The van der Waals surface area contributed by atoms with Crippen molar-refractivity contribution in [1.82, 2.24) is 9.13 Å². The molecule has 0 bridgehead atoms. The van der Waals surface area contributed by atoms with Crippen molar-refractivity contribution in [2.24, 2.45) is 4.99 Å². The van der Waals surface area contributed by atoms with Crippen LogP contribution in [0, 0.1) is 13.8 Å². The van der Waals surface area contributed by atoms with Gasteiger partial charge < -0.3 is 14.2 Å². The molecule has 206 valence electrons. The molecule has 1 atom stereocenters. The minimum atomic E-state index is -0.635. The Bertz CT molecular complexity index is 1810. The standard InChI is InChI=1S/C31H31BrN4O3S/c1-7-39-30(38)27-19(3)33-31-36(28(27)21-8-12-24(13-9-21)34(5)6)29(37)26(40-31)17-22-16-18(2)35(20(22)4)25-14-10-23(32)11-15-25/h8-17,28H,7H2,1-6H3. The van der Waals surface area contributed by atoms with Gasteiger partial charge >= 0.3 is 5.97 Å². The summed E-state index contributed by atoms with van der Waals surface area (Å²) >= 11 is 4.84. The fraction of sp³-hybridized carbons (Fsp3) is 0.258. The van der Waals surface area contributed by atoms with Gasteiger partial charge in [-0.3, -0.25) is 9.36 Å². The Morgan fingerprint density at radius 3 is 2.40 bits per heavy atom. The first-order valence-electron chi connectivity index (χ1n) is 13.0. The maximum absolute atomic E-state index is 14.0. The Hall–Kier alpha value is -3.69. The van der Waals surface area contributed by atoms with Crippen molar-refractivity contribution in [3.8, 4) is 5.69 Å². The highest BCUT2D eigenvalue weighted by molar-refractivity contribution is 9.10. The Labute approximate surface area is 245 Å². The lowest BCUT2D eigenvalue weighted by molar-refractivity contribution is -0.139. The predicted molar refractivity (Wildman–Crippen MR) is 164 cm³/mol. The normalized spacial score (nSPS) is 15.2. The van der Waals surface area contributed by atoms with E-state index in [1.165, 1.54) is 11.3 Å². The van der Waals surface area contributed by atoms with Gasteiger partial charge in [-0.25, -0.2) is 9.79 Å². The summed E-state index contributed by atoms with van der Waals surface area (Å²) < 4.78 is 10.8. The van der Waals surface area contributed by atoms with Gasteiger partial charge in [0.1, 0.15) is 0 Å². The van der Waals surface area contributed by atoms with Crippen LogP contribution in [-0.2, 0) is 9.53 Å². The molecule has 2 aromatic carbocycles. The maximum atomic E-state index is 14.0. The minimum absolute atomic E-state index is 0.187. The smallest absolute Gasteiger partial charge is 0.338 e. The number of nitrogens with zero attached hydrogens (tertiary/aromatic N) is 4. The molecule has 2 aromatic heterocycles. The van der Waals surface area contributed by atoms with E-state index in [1.54, 1.807) is 18.4 Å². The van der Waals surface area contributed by atoms with E-state index in [0.717, 1.165) is 38.4 Å². The molecule has 1 unspecified atom stereocenters. The summed E-state index contributed by atoms with van der Waals surface area (Å²) in [6.45, 7) is 7.92. The summed E-state index contributed by atoms with van der Waals surface area (Å²) in [5, 5.41) is 0. The zero-order valence-corrected chi connectivity index (χ0v) is 25.8. The van der Waals surface area contributed by atoms with Crippen LogP contribution < -0.4 is 19.8 Å². The number of ether oxygens (including phenoxy) is 1. The molecule has 0 saturated carbocycles. The number of allylic oxidation sites excluding steroid dienone is 1. The number of halogens is 1. The van der Waals surface area contributed by atoms with Gasteiger partial charge in [-0.2, -0.15) is 0 Å². The quantitative estimate of drug-likeness (QED) is 0.284. The van der Waals surface area contributed by atoms with Gasteiger partial charge in [-0.15, -0.1) is 0 Å². The predicted octanol–water partition coefficient (Wildman–Crippen LogP) is 5.03. The molecular weight excluding hydrogens is 588 g/mol. The van der Waals surface area contributed by atoms with E-state index in [4.69, 9.17) is 9.73 Å². The number of benzene rings is 2. The lowest BCUT2D eigenvalue weighted by atomic mass is 9.95. The molecule has 0 spiro atoms. The molecule has 4 aromatic rings. The number of hydrogen-bond donors (Lipinski definition) is 0. The van der Waals surface area contributed by atoms with Gasteiger partial charge in [0.15, 0.2) is 4.80 Å². The van der Waals surface area contributed by atoms with Gasteiger partial charge in [-0.05, 0) is 87.4 Å². The van der Waals surface area contributed by atoms with Crippen molar-refractivity contribution >= 4 is 45.0 Å². The molecule has 0 aliphatic carbocycles. The summed E-state index contributed by atoms with van der Waals surface area (Å²) in [4.78, 5) is 34.4. The lowest BCUT2D eigenvalue weighted by Gasteiger charge is -2.25. The van der Waals surface area contributed by atoms with E-state index in [1.807, 2.05) is 61.5 Å². The van der Waals surface area contributed by atoms with Crippen molar-refractivity contribution in [2.75, 3.05) is 25.6 Å². The van der Waals surface area contributed by atoms with Crippen molar-refractivity contribution in [1.29, 1.82) is 0 Å². The van der Waals surface area contributed by atoms with Crippen LogP contribution in [0.5, 0.6) is 0 Å². The van der Waals surface area contributed by atoms with Crippen LogP contribution in [0.25, 0.3) is 11.8 Å². The van der Waals surface area contributed by atoms with Gasteiger partial charge in [0.05, 0.1) is 28.5 Å². The monoisotopic (exact) mass is 618 g/mol. The molecule has 0 fully saturated rings. The number of esters is 1. The summed E-state index contributed by atoms with van der Waals surface area (Å²) in [5.41, 5.74) is 6.71. The van der Waals surface area contributed by atoms with Crippen molar-refractivity contribution in [3.05, 3.63) is 113 Å². The third-order valence-corrected chi connectivity index (χ3v) is 8.60. The zero-order chi connectivity index (χ0) is 28.7. The summed E-state index contributed by atoms with van der Waals surface area (Å²) in [6, 6.07) is 17.5. The highest BCUT2D eigenvalue weighted by Gasteiger charge is 2.33. The molecule has 1 aliphatic heterocycles. The summed E-state index contributed by atoms with van der Waals surface area (Å²) in [6.07, 6.45) is 1.93. The minimum Gasteiger partial charge on any atom is -0.463 e. The number of aryl methyl sites for hydroxylation is 1. The van der Waals surface area contributed by atoms with E-state index in [9.17, 15) is 9.59 Å². The number of anilines is 1. The number of carbonyl (C=O) groups excluding carboxylic acids is 1. The maximum Gasteiger partial charge on any atom is 0.338 e. The lowest BCUT2D eigenvalue weighted by Crippen LogP contribution is -2.40. The van der Waals surface area contributed by atoms with Gasteiger partial charge in [0, 0.05) is 41.3 Å². The van der Waals surface area contributed by atoms with E-state index >= 15 is 0 Å². The Morgan fingerprint density at radius 2 is 1.77 bits per heavy atom. The molecule has 9 heteroatoms. The number of thiazole rings is 1. The highest BCUT2D eigenvalue weighted by Crippen LogP contribution is 2.31. The van der Waals surface area contributed by atoms with Crippen LogP contribution in [0.15, 0.2) is 80.1 Å². The summed E-state index contributed by atoms with van der Waals surface area (Å²) in [7, 11) is 3.94. The highest BCUT2D eigenvalue weighted by atomic mass is 79.9. The molecule has 5 rings (SSSR count). The van der Waals surface area contributed by atoms with Crippen LogP contribution >= 0.6 is 27.3 Å². The number of aromatic nitrogens is 2. The fourth-order valence-corrected chi connectivity index (χ4v) is 6.43. The molecule has 1 aliphatic rings. The van der Waals surface area contributed by atoms with Crippen molar-refractivity contribution in [2.45, 2.75) is 33.7 Å². The second kappa shape index (κ2) is 11.1. The first-order chi connectivity index (χ1) is 19.1. The molecular formula is C31H31BrN4O3S. The Kier molecular flexibility index (Phi) is 7.70. The topological polar surface area (TPSA) is 68.8 Å². The fourth-order valence-electron chi connectivity index (χ4n) is 5.12. The average Bonchev–Trinajstić information content (AvgIpc) is 3.38. The number of fused-ring (bicyclic) bond motifs is 1. The molecule has 0 N–H and O–H groups in total. The van der Waals surface area contributed by atoms with Crippen LogP contribution in [0.4, 0.5) is 5.69 Å². The van der Waals surface area contributed by atoms with Crippen molar-refractivity contribution < 1.29 is 9.53 Å². The molecule has 3 heterocycles. The average molecular weight is 620 g/mol. The number of carbonyl (C=O) groups is 1. The molecule has 0 saturated heterocycles. The van der Waals surface area contributed by atoms with E-state index < -0.39 is 12.0 Å². The van der Waals surface area contributed by atoms with Crippen LogP contribution in [0.2, 0.25) is 0 Å². The van der Waals surface area contributed by atoms with Gasteiger partial charge in [-0.1, -0.05) is 39.4 Å². The van der Waals surface area contributed by atoms with Crippen LogP contribution in [-0.4, -0.2) is 35.8 Å². The van der Waals surface area contributed by atoms with Gasteiger partial charge in [0.25, 0.3) is 5.56 Å². The third-order valence-electron chi connectivity index (χ3n) is 7.08. The second-order valence-corrected chi connectivity index (χ2v) is 11.9. The van der Waals surface area contributed by atoms with Crippen LogP contribution in [0.3, 0.4) is 0 Å². The summed E-state index contributed by atoms with van der Waals surface area (Å²) in [5.74, 6) is -0.460. The first kappa shape index (κ1) is 27.9. The Balaban J connectivity index is 1.67. The van der Waals surface area contributed by atoms with E-state index in [-0.39, 0.29) is 12.2 Å².